The first kappa shape index (κ1) is 12.3. The Labute approximate surface area is 107 Å². The second-order valence-corrected chi connectivity index (χ2v) is 4.07. The van der Waals surface area contributed by atoms with Crippen LogP contribution < -0.4 is 0 Å². The van der Waals surface area contributed by atoms with E-state index < -0.39 is 10.7 Å². The van der Waals surface area contributed by atoms with Crippen molar-refractivity contribution in [1.82, 2.24) is 0 Å². The van der Waals surface area contributed by atoms with Crippen LogP contribution in [0.1, 0.15) is 21.9 Å². The Bertz CT molecular complexity index is 633. The monoisotopic (exact) mass is 265 g/mol. The normalized spacial score (nSPS) is 10.3. The second kappa shape index (κ2) is 4.62. The standard InChI is InChI=1S/C12H8ClNO4/c1-7-2-5-11(18-7)12(15)9-4-3-8(14(16)17)6-10(9)13/h2-6H,1H3. The SMILES string of the molecule is Cc1ccc(C(=O)c2ccc([N+](=O)[O-])cc2Cl)o1. The van der Waals surface area contributed by atoms with Crippen molar-refractivity contribution in [3.63, 3.8) is 0 Å². The molecule has 0 aliphatic rings. The zero-order valence-electron chi connectivity index (χ0n) is 9.34. The molecule has 18 heavy (non-hydrogen) atoms. The molecule has 0 spiro atoms. The van der Waals surface area contributed by atoms with E-state index in [0.717, 1.165) is 6.07 Å². The van der Waals surface area contributed by atoms with Gasteiger partial charge in [-0.05, 0) is 25.1 Å². The van der Waals surface area contributed by atoms with Crippen molar-refractivity contribution in [1.29, 1.82) is 0 Å². The van der Waals surface area contributed by atoms with Crippen molar-refractivity contribution in [2.24, 2.45) is 0 Å². The van der Waals surface area contributed by atoms with Crippen LogP contribution in [-0.2, 0) is 0 Å². The summed E-state index contributed by atoms with van der Waals surface area (Å²) in [5.41, 5.74) is 0.0174. The molecule has 6 heteroatoms. The Morgan fingerprint density at radius 3 is 2.56 bits per heavy atom. The van der Waals surface area contributed by atoms with E-state index in [-0.39, 0.29) is 22.0 Å². The molecule has 92 valence electrons. The average molecular weight is 266 g/mol. The highest BCUT2D eigenvalue weighted by Crippen LogP contribution is 2.25. The number of rotatable bonds is 3. The van der Waals surface area contributed by atoms with Gasteiger partial charge in [0.05, 0.1) is 9.95 Å². The van der Waals surface area contributed by atoms with E-state index in [2.05, 4.69) is 0 Å². The molecule has 0 fully saturated rings. The lowest BCUT2D eigenvalue weighted by Crippen LogP contribution is -2.01. The molecule has 2 rings (SSSR count). The molecule has 0 aliphatic heterocycles. The Kier molecular flexibility index (Phi) is 3.16. The summed E-state index contributed by atoms with van der Waals surface area (Å²) in [4.78, 5) is 22.0. The number of carbonyl (C=O) groups excluding carboxylic acids is 1. The van der Waals surface area contributed by atoms with Crippen molar-refractivity contribution < 1.29 is 14.1 Å². The topological polar surface area (TPSA) is 73.3 Å². The molecule has 1 aromatic heterocycles. The van der Waals surface area contributed by atoms with Crippen LogP contribution in [0.5, 0.6) is 0 Å². The van der Waals surface area contributed by atoms with Crippen molar-refractivity contribution in [2.75, 3.05) is 0 Å². The average Bonchev–Trinajstić information content (AvgIpc) is 2.74. The number of aryl methyl sites for hydroxylation is 1. The smallest absolute Gasteiger partial charge is 0.270 e. The van der Waals surface area contributed by atoms with Crippen molar-refractivity contribution in [2.45, 2.75) is 6.92 Å². The molecule has 1 heterocycles. The van der Waals surface area contributed by atoms with Gasteiger partial charge in [-0.25, -0.2) is 0 Å². The fraction of sp³-hybridized carbons (Fsp3) is 0.0833. The number of benzene rings is 1. The highest BCUT2D eigenvalue weighted by atomic mass is 35.5. The lowest BCUT2D eigenvalue weighted by molar-refractivity contribution is -0.384. The minimum absolute atomic E-state index is 0.0308. The molecule has 0 amide bonds. The van der Waals surface area contributed by atoms with Crippen LogP contribution in [0, 0.1) is 17.0 Å². The Balaban J connectivity index is 2.40. The maximum Gasteiger partial charge on any atom is 0.270 e. The predicted octanol–water partition coefficient (Wildman–Crippen LogP) is 3.38. The molecule has 1 aromatic carbocycles. The van der Waals surface area contributed by atoms with E-state index in [0.29, 0.717) is 5.76 Å². The van der Waals surface area contributed by atoms with Gasteiger partial charge in [0.15, 0.2) is 5.76 Å². The number of hydrogen-bond donors (Lipinski definition) is 0. The van der Waals surface area contributed by atoms with E-state index in [9.17, 15) is 14.9 Å². The lowest BCUT2D eigenvalue weighted by Gasteiger charge is -2.01. The summed E-state index contributed by atoms with van der Waals surface area (Å²) in [5.74, 6) is 0.364. The molecular formula is C12H8ClNO4. The van der Waals surface area contributed by atoms with Gasteiger partial charge >= 0.3 is 0 Å². The summed E-state index contributed by atoms with van der Waals surface area (Å²) < 4.78 is 5.19. The number of furan rings is 1. The predicted molar refractivity (Wildman–Crippen MR) is 65.0 cm³/mol. The highest BCUT2D eigenvalue weighted by molar-refractivity contribution is 6.35. The molecule has 0 saturated carbocycles. The van der Waals surface area contributed by atoms with Crippen molar-refractivity contribution in [3.8, 4) is 0 Å². The lowest BCUT2D eigenvalue weighted by atomic mass is 10.1. The van der Waals surface area contributed by atoms with Gasteiger partial charge in [0.1, 0.15) is 5.76 Å². The minimum Gasteiger partial charge on any atom is -0.458 e. The molecule has 0 bridgehead atoms. The number of halogens is 1. The number of nitrogens with zero attached hydrogens (tertiary/aromatic N) is 1. The summed E-state index contributed by atoms with van der Waals surface area (Å²) in [7, 11) is 0. The van der Waals surface area contributed by atoms with E-state index in [1.807, 2.05) is 0 Å². The van der Waals surface area contributed by atoms with Gasteiger partial charge in [0.2, 0.25) is 5.78 Å². The van der Waals surface area contributed by atoms with Crippen LogP contribution in [-0.4, -0.2) is 10.7 Å². The summed E-state index contributed by atoms with van der Waals surface area (Å²) in [6, 6.07) is 6.89. The highest BCUT2D eigenvalue weighted by Gasteiger charge is 2.18. The van der Waals surface area contributed by atoms with Crippen molar-refractivity contribution >= 4 is 23.1 Å². The molecule has 0 radical (unpaired) electrons. The molecule has 0 N–H and O–H groups in total. The summed E-state index contributed by atoms with van der Waals surface area (Å²) in [6.07, 6.45) is 0. The molecule has 2 aromatic rings. The Morgan fingerprint density at radius 2 is 2.06 bits per heavy atom. The van der Waals surface area contributed by atoms with Crippen LogP contribution in [0.25, 0.3) is 0 Å². The first-order chi connectivity index (χ1) is 8.49. The number of carbonyl (C=O) groups is 1. The molecule has 5 nitrogen and oxygen atoms in total. The van der Waals surface area contributed by atoms with Crippen LogP contribution in [0.2, 0.25) is 5.02 Å². The number of hydrogen-bond acceptors (Lipinski definition) is 4. The molecule has 0 atom stereocenters. The molecule has 0 saturated heterocycles. The summed E-state index contributed by atoms with van der Waals surface area (Å²) in [6.45, 7) is 1.72. The molecular weight excluding hydrogens is 258 g/mol. The summed E-state index contributed by atoms with van der Waals surface area (Å²) >= 11 is 5.86. The van der Waals surface area contributed by atoms with E-state index in [4.69, 9.17) is 16.0 Å². The maximum absolute atomic E-state index is 12.0. The zero-order valence-corrected chi connectivity index (χ0v) is 10.1. The number of nitro groups is 1. The Morgan fingerprint density at radius 1 is 1.33 bits per heavy atom. The van der Waals surface area contributed by atoms with Crippen molar-refractivity contribution in [3.05, 3.63) is 62.6 Å². The zero-order chi connectivity index (χ0) is 13.3. The fourth-order valence-electron chi connectivity index (χ4n) is 1.49. The third kappa shape index (κ3) is 2.26. The van der Waals surface area contributed by atoms with Gasteiger partial charge in [-0.3, -0.25) is 14.9 Å². The van der Waals surface area contributed by atoms with Gasteiger partial charge in [0.25, 0.3) is 5.69 Å². The largest absolute Gasteiger partial charge is 0.458 e. The third-order valence-electron chi connectivity index (χ3n) is 2.37. The number of nitro benzene ring substituents is 1. The Hall–Kier alpha value is -2.14. The third-order valence-corrected chi connectivity index (χ3v) is 2.68. The van der Waals surface area contributed by atoms with Crippen LogP contribution in [0.3, 0.4) is 0 Å². The quantitative estimate of drug-likeness (QED) is 0.484. The maximum atomic E-state index is 12.0. The summed E-state index contributed by atoms with van der Waals surface area (Å²) in [5, 5.41) is 10.6. The number of ketones is 1. The second-order valence-electron chi connectivity index (χ2n) is 3.66. The van der Waals surface area contributed by atoms with Crippen LogP contribution in [0.15, 0.2) is 34.7 Å². The molecule has 0 unspecified atom stereocenters. The first-order valence-corrected chi connectivity index (χ1v) is 5.42. The number of non-ortho nitro benzene ring substituents is 1. The van der Waals surface area contributed by atoms with Gasteiger partial charge in [0, 0.05) is 17.7 Å². The van der Waals surface area contributed by atoms with Gasteiger partial charge in [-0.2, -0.15) is 0 Å². The first-order valence-electron chi connectivity index (χ1n) is 5.04. The van der Waals surface area contributed by atoms with Crippen LogP contribution in [0.4, 0.5) is 5.69 Å². The van der Waals surface area contributed by atoms with E-state index in [1.54, 1.807) is 13.0 Å². The van der Waals surface area contributed by atoms with Gasteiger partial charge < -0.3 is 4.42 Å². The minimum atomic E-state index is -0.572. The van der Waals surface area contributed by atoms with Gasteiger partial charge in [-0.1, -0.05) is 11.6 Å². The fourth-order valence-corrected chi connectivity index (χ4v) is 1.75. The van der Waals surface area contributed by atoms with E-state index >= 15 is 0 Å². The van der Waals surface area contributed by atoms with Gasteiger partial charge in [-0.15, -0.1) is 0 Å². The van der Waals surface area contributed by atoms with Crippen LogP contribution >= 0.6 is 11.6 Å². The molecule has 0 aliphatic carbocycles. The van der Waals surface area contributed by atoms with E-state index in [1.165, 1.54) is 18.2 Å².